The molecule has 0 radical (unpaired) electrons. The number of fused-ring (bicyclic) bond motifs is 3. The number of hydrogen-bond acceptors (Lipinski definition) is 6. The van der Waals surface area contributed by atoms with Crippen LogP contribution in [-0.4, -0.2) is 50.1 Å². The maximum atomic E-state index is 12.4. The van der Waals surface area contributed by atoms with Gasteiger partial charge in [0.15, 0.2) is 0 Å². The largest absolute Gasteiger partial charge is 0.467 e. The van der Waals surface area contributed by atoms with Gasteiger partial charge in [-0.3, -0.25) is 0 Å². The Morgan fingerprint density at radius 1 is 0.938 bits per heavy atom. The summed E-state index contributed by atoms with van der Waals surface area (Å²) in [5.74, 6) is -0.820. The first-order valence-electron chi connectivity index (χ1n) is 10.4. The lowest BCUT2D eigenvalue weighted by Crippen LogP contribution is -2.49. The number of esters is 1. The molecule has 32 heavy (non-hydrogen) atoms. The van der Waals surface area contributed by atoms with Crippen LogP contribution in [0.2, 0.25) is 0 Å². The minimum Gasteiger partial charge on any atom is -0.467 e. The van der Waals surface area contributed by atoms with Crippen molar-refractivity contribution in [3.05, 3.63) is 59.7 Å². The van der Waals surface area contributed by atoms with Crippen molar-refractivity contribution in [3.63, 3.8) is 0 Å². The Kier molecular flexibility index (Phi) is 7.02. The number of benzene rings is 2. The van der Waals surface area contributed by atoms with Crippen molar-refractivity contribution in [2.24, 2.45) is 0 Å². The molecule has 3 rings (SSSR count). The molecule has 170 valence electrons. The first kappa shape index (κ1) is 23.1. The average Bonchev–Trinajstić information content (AvgIpc) is 3.07. The maximum absolute atomic E-state index is 12.4. The summed E-state index contributed by atoms with van der Waals surface area (Å²) in [7, 11) is 1.20. The summed E-state index contributed by atoms with van der Waals surface area (Å²) in [6, 6.07) is 14.9. The Morgan fingerprint density at radius 2 is 1.50 bits per heavy atom. The molecule has 0 aromatic heterocycles. The van der Waals surface area contributed by atoms with Crippen molar-refractivity contribution in [2.75, 3.05) is 20.3 Å². The summed E-state index contributed by atoms with van der Waals surface area (Å²) in [4.78, 5) is 36.4. The fourth-order valence-electron chi connectivity index (χ4n) is 3.62. The molecule has 0 spiro atoms. The van der Waals surface area contributed by atoms with Crippen LogP contribution in [0.1, 0.15) is 37.8 Å². The number of nitrogens with one attached hydrogen (secondary N) is 2. The third kappa shape index (κ3) is 5.57. The lowest BCUT2D eigenvalue weighted by Gasteiger charge is -2.22. The van der Waals surface area contributed by atoms with Gasteiger partial charge >= 0.3 is 18.2 Å². The van der Waals surface area contributed by atoms with Crippen LogP contribution in [-0.2, 0) is 19.0 Å². The van der Waals surface area contributed by atoms with Gasteiger partial charge in [0.2, 0.25) is 0 Å². The summed E-state index contributed by atoms with van der Waals surface area (Å²) >= 11 is 0. The van der Waals surface area contributed by atoms with Crippen LogP contribution >= 0.6 is 0 Å². The summed E-state index contributed by atoms with van der Waals surface area (Å²) in [5, 5.41) is 4.90. The Bertz CT molecular complexity index is 952. The van der Waals surface area contributed by atoms with Crippen LogP contribution in [0, 0.1) is 0 Å². The highest BCUT2D eigenvalue weighted by Gasteiger charge is 2.30. The highest BCUT2D eigenvalue weighted by Crippen LogP contribution is 2.44. The van der Waals surface area contributed by atoms with E-state index in [-0.39, 0.29) is 19.1 Å². The molecule has 0 saturated carbocycles. The van der Waals surface area contributed by atoms with Crippen LogP contribution in [0.25, 0.3) is 11.1 Å². The predicted molar refractivity (Wildman–Crippen MR) is 118 cm³/mol. The van der Waals surface area contributed by atoms with Crippen molar-refractivity contribution in [3.8, 4) is 11.1 Å². The van der Waals surface area contributed by atoms with Crippen molar-refractivity contribution >= 4 is 18.2 Å². The zero-order valence-electron chi connectivity index (χ0n) is 18.6. The van der Waals surface area contributed by atoms with E-state index in [9.17, 15) is 14.4 Å². The lowest BCUT2D eigenvalue weighted by molar-refractivity contribution is -0.142. The molecule has 8 nitrogen and oxygen atoms in total. The van der Waals surface area contributed by atoms with Crippen LogP contribution in [0.4, 0.5) is 9.59 Å². The number of ether oxygens (including phenoxy) is 3. The second kappa shape index (κ2) is 9.72. The van der Waals surface area contributed by atoms with Gasteiger partial charge in [0.25, 0.3) is 0 Å². The number of amides is 2. The summed E-state index contributed by atoms with van der Waals surface area (Å²) in [6.45, 7) is 5.07. The van der Waals surface area contributed by atoms with E-state index in [1.54, 1.807) is 20.8 Å². The van der Waals surface area contributed by atoms with Gasteiger partial charge in [0, 0.05) is 5.92 Å². The van der Waals surface area contributed by atoms with Gasteiger partial charge in [-0.25, -0.2) is 14.4 Å². The number of carbonyl (C=O) groups excluding carboxylic acids is 3. The Hall–Kier alpha value is -3.55. The van der Waals surface area contributed by atoms with Crippen molar-refractivity contribution in [1.82, 2.24) is 10.6 Å². The molecule has 2 N–H and O–H groups in total. The van der Waals surface area contributed by atoms with Crippen molar-refractivity contribution in [1.29, 1.82) is 0 Å². The van der Waals surface area contributed by atoms with Gasteiger partial charge in [0.1, 0.15) is 18.2 Å². The van der Waals surface area contributed by atoms with Crippen LogP contribution in [0.5, 0.6) is 0 Å². The summed E-state index contributed by atoms with van der Waals surface area (Å²) < 4.78 is 15.3. The molecular formula is C24H28N2O6. The van der Waals surface area contributed by atoms with E-state index in [1.807, 2.05) is 48.5 Å². The normalized spacial score (nSPS) is 13.4. The van der Waals surface area contributed by atoms with Gasteiger partial charge in [0.05, 0.1) is 13.7 Å². The average molecular weight is 440 g/mol. The van der Waals surface area contributed by atoms with E-state index in [2.05, 4.69) is 10.6 Å². The third-order valence-electron chi connectivity index (χ3n) is 4.97. The lowest BCUT2D eigenvalue weighted by atomic mass is 9.98. The minimum absolute atomic E-state index is 0.104. The molecule has 0 aliphatic heterocycles. The van der Waals surface area contributed by atoms with E-state index in [0.717, 1.165) is 22.3 Å². The second-order valence-electron chi connectivity index (χ2n) is 8.43. The molecule has 0 heterocycles. The smallest absolute Gasteiger partial charge is 0.407 e. The van der Waals surface area contributed by atoms with Crippen LogP contribution < -0.4 is 10.6 Å². The zero-order chi connectivity index (χ0) is 23.3. The molecule has 1 aliphatic rings. The topological polar surface area (TPSA) is 103 Å². The van der Waals surface area contributed by atoms with E-state index < -0.39 is 29.8 Å². The Morgan fingerprint density at radius 3 is 2.03 bits per heavy atom. The van der Waals surface area contributed by atoms with Crippen LogP contribution in [0.3, 0.4) is 0 Å². The highest BCUT2D eigenvalue weighted by atomic mass is 16.6. The molecule has 2 aromatic rings. The molecule has 0 saturated heterocycles. The summed E-state index contributed by atoms with van der Waals surface area (Å²) in [6.07, 6.45) is -1.49. The van der Waals surface area contributed by atoms with E-state index in [1.165, 1.54) is 7.11 Å². The fraction of sp³-hybridized carbons (Fsp3) is 0.375. The molecule has 1 atom stereocenters. The quantitative estimate of drug-likeness (QED) is 0.526. The Labute approximate surface area is 187 Å². The first-order chi connectivity index (χ1) is 15.2. The molecule has 0 bridgehead atoms. The van der Waals surface area contributed by atoms with Gasteiger partial charge in [-0.1, -0.05) is 48.5 Å². The minimum atomic E-state index is -1.12. The summed E-state index contributed by atoms with van der Waals surface area (Å²) in [5.41, 5.74) is 3.71. The molecule has 1 aliphatic carbocycles. The number of hydrogen-bond donors (Lipinski definition) is 2. The highest BCUT2D eigenvalue weighted by molar-refractivity contribution is 5.82. The second-order valence-corrected chi connectivity index (χ2v) is 8.43. The fourth-order valence-corrected chi connectivity index (χ4v) is 3.62. The number of carbonyl (C=O) groups is 3. The zero-order valence-corrected chi connectivity index (χ0v) is 18.6. The van der Waals surface area contributed by atoms with E-state index in [0.29, 0.717) is 0 Å². The molecule has 0 unspecified atom stereocenters. The van der Waals surface area contributed by atoms with Crippen LogP contribution in [0.15, 0.2) is 48.5 Å². The van der Waals surface area contributed by atoms with Gasteiger partial charge in [-0.2, -0.15) is 0 Å². The monoisotopic (exact) mass is 440 g/mol. The molecule has 2 amide bonds. The number of methoxy groups -OCH3 is 1. The maximum Gasteiger partial charge on any atom is 0.407 e. The van der Waals surface area contributed by atoms with E-state index in [4.69, 9.17) is 14.2 Å². The van der Waals surface area contributed by atoms with Gasteiger partial charge in [-0.15, -0.1) is 0 Å². The number of alkyl carbamates (subject to hydrolysis) is 2. The van der Waals surface area contributed by atoms with Gasteiger partial charge in [-0.05, 0) is 43.0 Å². The third-order valence-corrected chi connectivity index (χ3v) is 4.97. The van der Waals surface area contributed by atoms with Crippen molar-refractivity contribution in [2.45, 2.75) is 38.3 Å². The number of rotatable bonds is 6. The Balaban J connectivity index is 1.61. The first-order valence-corrected chi connectivity index (χ1v) is 10.4. The van der Waals surface area contributed by atoms with Crippen molar-refractivity contribution < 1.29 is 28.6 Å². The van der Waals surface area contributed by atoms with Gasteiger partial charge < -0.3 is 24.8 Å². The molecule has 8 heteroatoms. The molecule has 2 aromatic carbocycles. The molecular weight excluding hydrogens is 412 g/mol. The molecule has 0 fully saturated rings. The predicted octanol–water partition coefficient (Wildman–Crippen LogP) is 3.59. The standard InChI is InChI=1S/C24H28N2O6/c1-24(2,3)32-22(28)25-13-20(21(27)30-4)26-23(29)31-14-19-17-11-7-5-9-15(17)16-10-6-8-12-18(16)19/h5-12,19-20H,13-14H2,1-4H3,(H,25,28)(H,26,29)/t20-/m0/s1. The SMILES string of the molecule is COC(=O)[C@H](CNC(=O)OC(C)(C)C)NC(=O)OCC1c2ccccc2-c2ccccc21. The van der Waals surface area contributed by atoms with E-state index >= 15 is 0 Å².